The molecule has 0 radical (unpaired) electrons. The van der Waals surface area contributed by atoms with Gasteiger partial charge in [0.25, 0.3) is 0 Å². The molecule has 0 saturated heterocycles. The van der Waals surface area contributed by atoms with E-state index in [1.54, 1.807) is 0 Å². The maximum atomic E-state index is 9.71. The summed E-state index contributed by atoms with van der Waals surface area (Å²) in [6.45, 7) is 8.69. The van der Waals surface area contributed by atoms with E-state index < -0.39 is 5.60 Å². The zero-order valence-corrected chi connectivity index (χ0v) is 11.0. The number of hydrogen-bond donors (Lipinski definition) is 1. The molecule has 0 aliphatic heterocycles. The highest BCUT2D eigenvalue weighted by Gasteiger charge is 2.80. The second-order valence-corrected chi connectivity index (χ2v) is 7.34. The van der Waals surface area contributed by atoms with E-state index in [1.807, 2.05) is 19.9 Å². The second kappa shape index (κ2) is 2.75. The van der Waals surface area contributed by atoms with Crippen LogP contribution < -0.4 is 0 Å². The summed E-state index contributed by atoms with van der Waals surface area (Å²) in [5.41, 5.74) is 0.507. The minimum atomic E-state index is -0.651. The standard InChI is InChI=1S/C15H24O/c1-13(2,16)6-5-7-14(3)10-8-11-12(9-10)15(11,14)4/h5-6,10-12,16H,7-9H2,1-4H3/b6-5+. The highest BCUT2D eigenvalue weighted by atomic mass is 16.3. The first-order valence-corrected chi connectivity index (χ1v) is 6.69. The van der Waals surface area contributed by atoms with Crippen molar-refractivity contribution >= 4 is 0 Å². The third-order valence-electron chi connectivity index (χ3n) is 6.19. The summed E-state index contributed by atoms with van der Waals surface area (Å²) < 4.78 is 0. The van der Waals surface area contributed by atoms with Gasteiger partial charge in [-0.2, -0.15) is 0 Å². The monoisotopic (exact) mass is 220 g/mol. The van der Waals surface area contributed by atoms with Gasteiger partial charge in [0, 0.05) is 0 Å². The van der Waals surface area contributed by atoms with Crippen LogP contribution in [0.1, 0.15) is 47.0 Å². The molecule has 0 amide bonds. The van der Waals surface area contributed by atoms with Gasteiger partial charge in [0.05, 0.1) is 5.60 Å². The molecule has 1 N–H and O–H groups in total. The Bertz CT molecular complexity index is 337. The van der Waals surface area contributed by atoms with Crippen molar-refractivity contribution in [1.82, 2.24) is 0 Å². The maximum absolute atomic E-state index is 9.71. The van der Waals surface area contributed by atoms with Gasteiger partial charge in [0.1, 0.15) is 0 Å². The Morgan fingerprint density at radius 3 is 2.19 bits per heavy atom. The van der Waals surface area contributed by atoms with Gasteiger partial charge in [0.15, 0.2) is 0 Å². The Kier molecular flexibility index (Phi) is 1.86. The molecular formula is C15H24O. The highest BCUT2D eigenvalue weighted by Crippen LogP contribution is 2.86. The van der Waals surface area contributed by atoms with Gasteiger partial charge in [-0.15, -0.1) is 0 Å². The van der Waals surface area contributed by atoms with Crippen molar-refractivity contribution in [2.24, 2.45) is 28.6 Å². The highest BCUT2D eigenvalue weighted by molar-refractivity contribution is 5.29. The molecule has 0 spiro atoms. The van der Waals surface area contributed by atoms with Crippen LogP contribution in [0.25, 0.3) is 0 Å². The van der Waals surface area contributed by atoms with Gasteiger partial charge in [-0.1, -0.05) is 26.0 Å². The van der Waals surface area contributed by atoms with Crippen molar-refractivity contribution < 1.29 is 5.11 Å². The van der Waals surface area contributed by atoms with Crippen LogP contribution >= 0.6 is 0 Å². The third kappa shape index (κ3) is 1.11. The van der Waals surface area contributed by atoms with Crippen molar-refractivity contribution in [3.05, 3.63) is 12.2 Å². The average molecular weight is 220 g/mol. The van der Waals surface area contributed by atoms with Crippen molar-refractivity contribution in [3.8, 4) is 0 Å². The van der Waals surface area contributed by atoms with Crippen LogP contribution in [0.5, 0.6) is 0 Å². The Morgan fingerprint density at radius 2 is 1.81 bits per heavy atom. The predicted molar refractivity (Wildman–Crippen MR) is 66.0 cm³/mol. The van der Waals surface area contributed by atoms with Gasteiger partial charge >= 0.3 is 0 Å². The Morgan fingerprint density at radius 1 is 1.25 bits per heavy atom. The number of allylic oxidation sites excluding steroid dienone is 1. The number of rotatable bonds is 3. The first-order valence-electron chi connectivity index (χ1n) is 6.69. The zero-order chi connectivity index (χ0) is 11.8. The van der Waals surface area contributed by atoms with Gasteiger partial charge in [-0.05, 0) is 61.7 Å². The molecular weight excluding hydrogens is 196 g/mol. The van der Waals surface area contributed by atoms with Crippen LogP contribution in [0.2, 0.25) is 0 Å². The molecule has 3 atom stereocenters. The van der Waals surface area contributed by atoms with Crippen molar-refractivity contribution in [2.75, 3.05) is 0 Å². The first-order chi connectivity index (χ1) is 7.29. The number of aliphatic hydroxyl groups is 1. The van der Waals surface area contributed by atoms with Gasteiger partial charge in [0.2, 0.25) is 0 Å². The zero-order valence-electron chi connectivity index (χ0n) is 11.0. The van der Waals surface area contributed by atoms with Crippen LogP contribution in [0.15, 0.2) is 12.2 Å². The Hall–Kier alpha value is -0.300. The predicted octanol–water partition coefficient (Wildman–Crippen LogP) is 3.39. The van der Waals surface area contributed by atoms with Crippen LogP contribution in [0.4, 0.5) is 0 Å². The maximum Gasteiger partial charge on any atom is 0.0771 e. The lowest BCUT2D eigenvalue weighted by molar-refractivity contribution is 0.130. The summed E-state index contributed by atoms with van der Waals surface area (Å²) in [7, 11) is 0. The van der Waals surface area contributed by atoms with Crippen molar-refractivity contribution in [3.63, 3.8) is 0 Å². The summed E-state index contributed by atoms with van der Waals surface area (Å²) in [5.74, 6) is 3.04. The lowest BCUT2D eigenvalue weighted by Gasteiger charge is -2.33. The molecule has 0 aromatic heterocycles. The molecule has 0 aromatic carbocycles. The van der Waals surface area contributed by atoms with E-state index in [1.165, 1.54) is 12.8 Å². The Balaban J connectivity index is 1.75. The molecule has 3 unspecified atom stereocenters. The third-order valence-corrected chi connectivity index (χ3v) is 6.19. The minimum Gasteiger partial charge on any atom is -0.386 e. The normalized spacial score (nSPS) is 53.9. The largest absolute Gasteiger partial charge is 0.386 e. The minimum absolute atomic E-state index is 0.518. The van der Waals surface area contributed by atoms with E-state index in [9.17, 15) is 5.11 Å². The van der Waals surface area contributed by atoms with E-state index in [2.05, 4.69) is 19.9 Å². The van der Waals surface area contributed by atoms with Gasteiger partial charge in [-0.25, -0.2) is 0 Å². The van der Waals surface area contributed by atoms with Gasteiger partial charge < -0.3 is 5.11 Å². The van der Waals surface area contributed by atoms with E-state index in [0.29, 0.717) is 10.8 Å². The average Bonchev–Trinajstić information content (AvgIpc) is 2.51. The SMILES string of the molecule is CC(C)(O)/C=C/CC1(C)C2CC3C(C2)C31C. The van der Waals surface area contributed by atoms with Crippen LogP contribution in [-0.2, 0) is 0 Å². The molecule has 16 heavy (non-hydrogen) atoms. The molecule has 4 aliphatic rings. The van der Waals surface area contributed by atoms with Crippen LogP contribution in [0, 0.1) is 28.6 Å². The van der Waals surface area contributed by atoms with Crippen LogP contribution in [-0.4, -0.2) is 10.7 Å². The lowest BCUT2D eigenvalue weighted by Crippen LogP contribution is -2.26. The molecule has 1 heteroatoms. The van der Waals surface area contributed by atoms with E-state index in [0.717, 1.165) is 24.2 Å². The molecule has 4 saturated carbocycles. The van der Waals surface area contributed by atoms with Crippen LogP contribution in [0.3, 0.4) is 0 Å². The Labute approximate surface area is 98.9 Å². The van der Waals surface area contributed by atoms with E-state index in [-0.39, 0.29) is 0 Å². The summed E-state index contributed by atoms with van der Waals surface area (Å²) in [6, 6.07) is 0. The number of hydrogen-bond acceptors (Lipinski definition) is 1. The second-order valence-electron chi connectivity index (χ2n) is 7.34. The molecule has 4 fully saturated rings. The molecule has 0 heterocycles. The summed E-state index contributed by atoms with van der Waals surface area (Å²) in [4.78, 5) is 0. The first kappa shape index (κ1) is 10.8. The lowest BCUT2D eigenvalue weighted by atomic mass is 9.71. The fraction of sp³-hybridized carbons (Fsp3) is 0.867. The molecule has 90 valence electrons. The summed E-state index contributed by atoms with van der Waals surface area (Å²) >= 11 is 0. The molecule has 4 rings (SSSR count). The summed E-state index contributed by atoms with van der Waals surface area (Å²) in [6.07, 6.45) is 8.31. The van der Waals surface area contributed by atoms with E-state index >= 15 is 0 Å². The molecule has 4 aliphatic carbocycles. The van der Waals surface area contributed by atoms with Gasteiger partial charge in [-0.3, -0.25) is 0 Å². The fourth-order valence-electron chi connectivity index (χ4n) is 5.01. The van der Waals surface area contributed by atoms with Crippen molar-refractivity contribution in [1.29, 1.82) is 0 Å². The quantitative estimate of drug-likeness (QED) is 0.723. The smallest absolute Gasteiger partial charge is 0.0771 e. The molecule has 4 bridgehead atoms. The van der Waals surface area contributed by atoms with E-state index in [4.69, 9.17) is 0 Å². The van der Waals surface area contributed by atoms with Crippen molar-refractivity contribution in [2.45, 2.75) is 52.6 Å². The molecule has 1 nitrogen and oxygen atoms in total. The summed E-state index contributed by atoms with van der Waals surface area (Å²) in [5, 5.41) is 9.71. The fourth-order valence-corrected chi connectivity index (χ4v) is 5.01. The molecule has 0 aromatic rings. The topological polar surface area (TPSA) is 20.2 Å².